The number of aliphatic carboxylic acids is 1. The summed E-state index contributed by atoms with van der Waals surface area (Å²) in [5.41, 5.74) is 4.63. The first kappa shape index (κ1) is 12.9. The van der Waals surface area contributed by atoms with Gasteiger partial charge >= 0.3 is 11.7 Å². The van der Waals surface area contributed by atoms with Gasteiger partial charge in [-0.05, 0) is 17.7 Å². The Morgan fingerprint density at radius 3 is 2.47 bits per heavy atom. The van der Waals surface area contributed by atoms with Crippen LogP contribution in [0.5, 0.6) is 5.75 Å². The number of benzene rings is 1. The number of aliphatic hydroxyl groups is 1. The number of nitrogens with two attached hydrogens (primary N) is 1. The van der Waals surface area contributed by atoms with Gasteiger partial charge in [-0.25, -0.2) is 0 Å². The van der Waals surface area contributed by atoms with Crippen molar-refractivity contribution in [1.29, 1.82) is 0 Å². The van der Waals surface area contributed by atoms with E-state index < -0.39 is 34.5 Å². The first-order chi connectivity index (χ1) is 7.84. The summed E-state index contributed by atoms with van der Waals surface area (Å²) in [6.07, 6.45) is -1.56. The van der Waals surface area contributed by atoms with E-state index in [0.29, 0.717) is 0 Å². The molecule has 1 rings (SSSR count). The summed E-state index contributed by atoms with van der Waals surface area (Å²) in [6, 6.07) is 1.43. The first-order valence-electron chi connectivity index (χ1n) is 4.48. The van der Waals surface area contributed by atoms with Gasteiger partial charge < -0.3 is 21.1 Å². The van der Waals surface area contributed by atoms with Crippen LogP contribution in [0.15, 0.2) is 18.2 Å². The van der Waals surface area contributed by atoms with Gasteiger partial charge in [-0.3, -0.25) is 14.9 Å². The first-order valence-corrected chi connectivity index (χ1v) is 4.48. The molecule has 1 aromatic rings. The van der Waals surface area contributed by atoms with Crippen LogP contribution in [0.4, 0.5) is 5.69 Å². The molecular weight excluding hydrogens is 232 g/mol. The van der Waals surface area contributed by atoms with E-state index in [2.05, 4.69) is 0 Å². The lowest BCUT2D eigenvalue weighted by Gasteiger charge is -2.15. The molecule has 2 unspecified atom stereocenters. The molecule has 0 heterocycles. The summed E-state index contributed by atoms with van der Waals surface area (Å²) in [4.78, 5) is 20.1. The molecule has 0 saturated heterocycles. The molecule has 0 saturated carbocycles. The zero-order valence-electron chi connectivity index (χ0n) is 8.48. The van der Waals surface area contributed by atoms with Crippen LogP contribution in [0.2, 0.25) is 0 Å². The normalized spacial score (nSPS) is 14.0. The Balaban J connectivity index is 3.05. The van der Waals surface area contributed by atoms with Gasteiger partial charge in [0, 0.05) is 6.07 Å². The number of carbonyl (C=O) groups is 1. The van der Waals surface area contributed by atoms with Crippen LogP contribution in [0.25, 0.3) is 0 Å². The number of hydrogen-bond acceptors (Lipinski definition) is 6. The maximum Gasteiger partial charge on any atom is 0.323 e. The standard InChI is InChI=1S/C9H10N2O6/c10-7(9(14)15)8(13)4-1-2-5(11(16)17)6(12)3-4/h1-3,7-8,12-13H,10H2,(H,14,15). The Bertz CT molecular complexity index is 461. The molecule has 17 heavy (non-hydrogen) atoms. The maximum atomic E-state index is 10.5. The van der Waals surface area contributed by atoms with Crippen LogP contribution in [-0.2, 0) is 4.79 Å². The fourth-order valence-electron chi connectivity index (χ4n) is 1.22. The van der Waals surface area contributed by atoms with Gasteiger partial charge in [0.2, 0.25) is 0 Å². The number of carboxylic acid groups (broad SMARTS) is 1. The summed E-state index contributed by atoms with van der Waals surface area (Å²) in [7, 11) is 0. The van der Waals surface area contributed by atoms with Gasteiger partial charge in [0.25, 0.3) is 0 Å². The van der Waals surface area contributed by atoms with Gasteiger partial charge in [0.1, 0.15) is 12.1 Å². The topological polar surface area (TPSA) is 147 Å². The van der Waals surface area contributed by atoms with E-state index >= 15 is 0 Å². The number of carboxylic acids is 1. The van der Waals surface area contributed by atoms with Gasteiger partial charge in [-0.15, -0.1) is 0 Å². The van der Waals surface area contributed by atoms with Crippen molar-refractivity contribution >= 4 is 11.7 Å². The van der Waals surface area contributed by atoms with Gasteiger partial charge in [0.05, 0.1) is 4.92 Å². The Hall–Kier alpha value is -2.19. The lowest BCUT2D eigenvalue weighted by molar-refractivity contribution is -0.385. The number of nitrogens with zero attached hydrogens (tertiary/aromatic N) is 1. The number of phenolic OH excluding ortho intramolecular Hbond substituents is 1. The zero-order valence-corrected chi connectivity index (χ0v) is 8.48. The van der Waals surface area contributed by atoms with Crippen LogP contribution < -0.4 is 5.73 Å². The number of hydrogen-bond donors (Lipinski definition) is 4. The molecule has 8 nitrogen and oxygen atoms in total. The average Bonchev–Trinajstić information content (AvgIpc) is 2.26. The molecule has 5 N–H and O–H groups in total. The number of aromatic hydroxyl groups is 1. The fraction of sp³-hybridized carbons (Fsp3) is 0.222. The SMILES string of the molecule is NC(C(=O)O)C(O)c1ccc([N+](=O)[O-])c(O)c1. The van der Waals surface area contributed by atoms with Crippen molar-refractivity contribution in [2.45, 2.75) is 12.1 Å². The summed E-state index contributed by atoms with van der Waals surface area (Å²) < 4.78 is 0. The van der Waals surface area contributed by atoms with E-state index in [4.69, 9.17) is 10.8 Å². The second kappa shape index (κ2) is 4.76. The van der Waals surface area contributed by atoms with Gasteiger partial charge in [-0.2, -0.15) is 0 Å². The monoisotopic (exact) mass is 242 g/mol. The van der Waals surface area contributed by atoms with Gasteiger partial charge in [-0.1, -0.05) is 0 Å². The van der Waals surface area contributed by atoms with Crippen LogP contribution in [-0.4, -0.2) is 32.3 Å². The van der Waals surface area contributed by atoms with E-state index in [0.717, 1.165) is 18.2 Å². The molecular formula is C9H10N2O6. The highest BCUT2D eigenvalue weighted by atomic mass is 16.6. The van der Waals surface area contributed by atoms with Crippen LogP contribution in [0, 0.1) is 10.1 Å². The van der Waals surface area contributed by atoms with Crippen molar-refractivity contribution in [3.63, 3.8) is 0 Å². The number of phenols is 1. The average molecular weight is 242 g/mol. The smallest absolute Gasteiger partial charge is 0.323 e. The van der Waals surface area contributed by atoms with Gasteiger partial charge in [0.15, 0.2) is 5.75 Å². The van der Waals surface area contributed by atoms with E-state index in [1.54, 1.807) is 0 Å². The molecule has 2 atom stereocenters. The fourth-order valence-corrected chi connectivity index (χ4v) is 1.22. The molecule has 8 heteroatoms. The minimum Gasteiger partial charge on any atom is -0.502 e. The van der Waals surface area contributed by atoms with Crippen molar-refractivity contribution in [1.82, 2.24) is 0 Å². The van der Waals surface area contributed by atoms with Crippen molar-refractivity contribution in [2.75, 3.05) is 0 Å². The number of nitro benzene ring substituents is 1. The predicted octanol–water partition coefficient (Wildman–Crippen LogP) is -0.254. The third kappa shape index (κ3) is 2.68. The summed E-state index contributed by atoms with van der Waals surface area (Å²) in [5, 5.41) is 37.8. The summed E-state index contributed by atoms with van der Waals surface area (Å²) >= 11 is 0. The molecule has 0 bridgehead atoms. The second-order valence-electron chi connectivity index (χ2n) is 3.31. The summed E-state index contributed by atoms with van der Waals surface area (Å²) in [6.45, 7) is 0. The molecule has 0 amide bonds. The summed E-state index contributed by atoms with van der Waals surface area (Å²) in [5.74, 6) is -2.08. The number of aliphatic hydroxyl groups excluding tert-OH is 1. The zero-order chi connectivity index (χ0) is 13.2. The number of nitro groups is 1. The Morgan fingerprint density at radius 1 is 1.47 bits per heavy atom. The molecule has 0 aliphatic heterocycles. The Morgan fingerprint density at radius 2 is 2.06 bits per heavy atom. The maximum absolute atomic E-state index is 10.5. The minimum atomic E-state index is -1.57. The Kier molecular flexibility index (Phi) is 3.61. The van der Waals surface area contributed by atoms with E-state index in [9.17, 15) is 25.1 Å². The van der Waals surface area contributed by atoms with Crippen LogP contribution >= 0.6 is 0 Å². The lowest BCUT2D eigenvalue weighted by Crippen LogP contribution is -2.36. The molecule has 0 aliphatic rings. The highest BCUT2D eigenvalue weighted by Gasteiger charge is 2.25. The molecule has 92 valence electrons. The van der Waals surface area contributed by atoms with Crippen molar-refractivity contribution in [3.8, 4) is 5.75 Å². The predicted molar refractivity (Wildman–Crippen MR) is 55.3 cm³/mol. The Labute approximate surface area is 95.1 Å². The molecule has 1 aromatic carbocycles. The van der Waals surface area contributed by atoms with Crippen molar-refractivity contribution in [3.05, 3.63) is 33.9 Å². The lowest BCUT2D eigenvalue weighted by atomic mass is 10.0. The molecule has 0 fully saturated rings. The van der Waals surface area contributed by atoms with Crippen LogP contribution in [0.1, 0.15) is 11.7 Å². The highest BCUT2D eigenvalue weighted by molar-refractivity contribution is 5.74. The third-order valence-electron chi connectivity index (χ3n) is 2.16. The molecule has 0 aromatic heterocycles. The van der Waals surface area contributed by atoms with E-state index in [1.165, 1.54) is 0 Å². The molecule has 0 spiro atoms. The highest BCUT2D eigenvalue weighted by Crippen LogP contribution is 2.29. The molecule has 0 aliphatic carbocycles. The quantitative estimate of drug-likeness (QED) is 0.420. The van der Waals surface area contributed by atoms with Crippen molar-refractivity contribution < 1.29 is 25.0 Å². The minimum absolute atomic E-state index is 0.0111. The third-order valence-corrected chi connectivity index (χ3v) is 2.16. The molecule has 0 radical (unpaired) electrons. The number of rotatable bonds is 4. The van der Waals surface area contributed by atoms with E-state index in [1.807, 2.05) is 0 Å². The second-order valence-corrected chi connectivity index (χ2v) is 3.31. The van der Waals surface area contributed by atoms with Crippen LogP contribution in [0.3, 0.4) is 0 Å². The largest absolute Gasteiger partial charge is 0.502 e. The van der Waals surface area contributed by atoms with Crippen molar-refractivity contribution in [2.24, 2.45) is 5.73 Å². The van der Waals surface area contributed by atoms with E-state index in [-0.39, 0.29) is 5.56 Å².